The molecular formula is C16H17Cl2NO3. The van der Waals surface area contributed by atoms with Crippen LogP contribution in [0, 0.1) is 11.8 Å². The van der Waals surface area contributed by atoms with Crippen molar-refractivity contribution in [1.82, 2.24) is 5.32 Å². The molecule has 0 saturated heterocycles. The van der Waals surface area contributed by atoms with E-state index >= 15 is 0 Å². The summed E-state index contributed by atoms with van der Waals surface area (Å²) in [7, 11) is 0. The van der Waals surface area contributed by atoms with Gasteiger partial charge in [0.25, 0.3) is 0 Å². The molecule has 1 aliphatic carbocycles. The molecule has 1 amide bonds. The van der Waals surface area contributed by atoms with Crippen LogP contribution in [0.1, 0.15) is 31.4 Å². The third-order valence-electron chi connectivity index (χ3n) is 3.87. The van der Waals surface area contributed by atoms with Gasteiger partial charge in [0, 0.05) is 10.0 Å². The van der Waals surface area contributed by atoms with Crippen molar-refractivity contribution in [1.29, 1.82) is 0 Å². The first-order valence-electron chi connectivity index (χ1n) is 7.03. The van der Waals surface area contributed by atoms with E-state index in [0.29, 0.717) is 22.9 Å². The Labute approximate surface area is 139 Å². The molecule has 0 spiro atoms. The first-order valence-corrected chi connectivity index (χ1v) is 7.79. The Bertz CT molecular complexity index is 615. The zero-order valence-electron chi connectivity index (χ0n) is 12.1. The molecule has 0 radical (unpaired) electrons. The zero-order chi connectivity index (χ0) is 16.3. The van der Waals surface area contributed by atoms with Crippen LogP contribution in [-0.4, -0.2) is 17.0 Å². The third kappa shape index (κ3) is 3.81. The molecule has 1 aromatic carbocycles. The average Bonchev–Trinajstić information content (AvgIpc) is 2.46. The molecule has 4 nitrogen and oxygen atoms in total. The SMILES string of the molecule is CC(NC(=O)C1CC=CCC1C(=O)O)c1ccc(Cl)cc1Cl. The summed E-state index contributed by atoms with van der Waals surface area (Å²) in [4.78, 5) is 23.7. The average molecular weight is 342 g/mol. The molecule has 0 aromatic heterocycles. The fourth-order valence-electron chi connectivity index (χ4n) is 2.63. The van der Waals surface area contributed by atoms with E-state index in [1.165, 1.54) is 0 Å². The number of amides is 1. The number of rotatable bonds is 4. The maximum atomic E-state index is 12.4. The molecule has 1 aliphatic rings. The van der Waals surface area contributed by atoms with Gasteiger partial charge in [0.1, 0.15) is 0 Å². The van der Waals surface area contributed by atoms with Crippen LogP contribution in [0.5, 0.6) is 0 Å². The van der Waals surface area contributed by atoms with Crippen LogP contribution in [0.15, 0.2) is 30.4 Å². The van der Waals surface area contributed by atoms with E-state index in [-0.39, 0.29) is 11.9 Å². The Morgan fingerprint density at radius 1 is 1.23 bits per heavy atom. The van der Waals surface area contributed by atoms with Crippen LogP contribution >= 0.6 is 23.2 Å². The van der Waals surface area contributed by atoms with Crippen LogP contribution in [0.25, 0.3) is 0 Å². The van der Waals surface area contributed by atoms with Gasteiger partial charge < -0.3 is 10.4 Å². The van der Waals surface area contributed by atoms with Gasteiger partial charge in [-0.05, 0) is 37.5 Å². The molecule has 1 aromatic rings. The fraction of sp³-hybridized carbons (Fsp3) is 0.375. The standard InChI is InChI=1S/C16H17Cl2NO3/c1-9(11-7-6-10(17)8-14(11)18)19-15(20)12-4-2-3-5-13(12)16(21)22/h2-3,6-9,12-13H,4-5H2,1H3,(H,19,20)(H,21,22). The van der Waals surface area contributed by atoms with Crippen LogP contribution in [-0.2, 0) is 9.59 Å². The van der Waals surface area contributed by atoms with Crippen LogP contribution in [0.3, 0.4) is 0 Å². The van der Waals surface area contributed by atoms with Gasteiger partial charge in [-0.15, -0.1) is 0 Å². The van der Waals surface area contributed by atoms with Gasteiger partial charge in [0.15, 0.2) is 0 Å². The summed E-state index contributed by atoms with van der Waals surface area (Å²) in [6.45, 7) is 1.81. The molecule has 3 unspecified atom stereocenters. The number of benzene rings is 1. The number of carbonyl (C=O) groups is 2. The molecule has 2 rings (SSSR count). The summed E-state index contributed by atoms with van der Waals surface area (Å²) >= 11 is 12.0. The molecule has 0 aliphatic heterocycles. The summed E-state index contributed by atoms with van der Waals surface area (Å²) < 4.78 is 0. The van der Waals surface area contributed by atoms with Crippen molar-refractivity contribution in [3.8, 4) is 0 Å². The number of allylic oxidation sites excluding steroid dienone is 2. The molecule has 0 heterocycles. The maximum Gasteiger partial charge on any atom is 0.307 e. The quantitative estimate of drug-likeness (QED) is 0.817. The van der Waals surface area contributed by atoms with Gasteiger partial charge in [-0.25, -0.2) is 0 Å². The summed E-state index contributed by atoms with van der Waals surface area (Å²) in [5.74, 6) is -2.45. The van der Waals surface area contributed by atoms with E-state index in [4.69, 9.17) is 23.2 Å². The van der Waals surface area contributed by atoms with Crippen molar-refractivity contribution in [2.75, 3.05) is 0 Å². The second kappa shape index (κ2) is 7.16. The molecule has 2 N–H and O–H groups in total. The Kier molecular flexibility index (Phi) is 5.48. The van der Waals surface area contributed by atoms with Crippen molar-refractivity contribution in [3.63, 3.8) is 0 Å². The Morgan fingerprint density at radius 2 is 1.86 bits per heavy atom. The van der Waals surface area contributed by atoms with Crippen molar-refractivity contribution in [2.24, 2.45) is 11.8 Å². The van der Waals surface area contributed by atoms with Gasteiger partial charge in [-0.2, -0.15) is 0 Å². The first-order chi connectivity index (χ1) is 10.4. The van der Waals surface area contributed by atoms with Gasteiger partial charge in [0.05, 0.1) is 17.9 Å². The Balaban J connectivity index is 2.10. The van der Waals surface area contributed by atoms with E-state index in [1.807, 2.05) is 19.1 Å². The van der Waals surface area contributed by atoms with Crippen molar-refractivity contribution in [3.05, 3.63) is 46.0 Å². The zero-order valence-corrected chi connectivity index (χ0v) is 13.6. The van der Waals surface area contributed by atoms with Crippen LogP contribution in [0.4, 0.5) is 0 Å². The highest BCUT2D eigenvalue weighted by Crippen LogP contribution is 2.29. The number of aliphatic carboxylic acids is 1. The van der Waals surface area contributed by atoms with Gasteiger partial charge >= 0.3 is 5.97 Å². The minimum absolute atomic E-state index is 0.268. The summed E-state index contributed by atoms with van der Waals surface area (Å²) in [6.07, 6.45) is 4.47. The van der Waals surface area contributed by atoms with E-state index in [2.05, 4.69) is 5.32 Å². The van der Waals surface area contributed by atoms with E-state index < -0.39 is 17.8 Å². The number of hydrogen-bond donors (Lipinski definition) is 2. The Hall–Kier alpha value is -1.52. The van der Waals surface area contributed by atoms with Crippen molar-refractivity contribution >= 4 is 35.1 Å². The molecule has 0 fully saturated rings. The smallest absolute Gasteiger partial charge is 0.307 e. The summed E-state index contributed by atoms with van der Waals surface area (Å²) in [5.41, 5.74) is 0.748. The lowest BCUT2D eigenvalue weighted by molar-refractivity contribution is -0.147. The normalized spacial score (nSPS) is 22.1. The number of carboxylic acid groups (broad SMARTS) is 1. The lowest BCUT2D eigenvalue weighted by atomic mass is 9.82. The highest BCUT2D eigenvalue weighted by molar-refractivity contribution is 6.35. The van der Waals surface area contributed by atoms with Crippen LogP contribution < -0.4 is 5.32 Å². The molecule has 22 heavy (non-hydrogen) atoms. The molecule has 6 heteroatoms. The van der Waals surface area contributed by atoms with E-state index in [1.54, 1.807) is 18.2 Å². The lowest BCUT2D eigenvalue weighted by Crippen LogP contribution is -2.39. The Morgan fingerprint density at radius 3 is 2.45 bits per heavy atom. The predicted molar refractivity (Wildman–Crippen MR) is 86.0 cm³/mol. The molecule has 0 bridgehead atoms. The monoisotopic (exact) mass is 341 g/mol. The second-order valence-corrected chi connectivity index (χ2v) is 6.23. The number of hydrogen-bond acceptors (Lipinski definition) is 2. The van der Waals surface area contributed by atoms with E-state index in [9.17, 15) is 14.7 Å². The number of carboxylic acids is 1. The highest BCUT2D eigenvalue weighted by atomic mass is 35.5. The van der Waals surface area contributed by atoms with Crippen molar-refractivity contribution in [2.45, 2.75) is 25.8 Å². The number of carbonyl (C=O) groups excluding carboxylic acids is 1. The van der Waals surface area contributed by atoms with Crippen LogP contribution in [0.2, 0.25) is 10.0 Å². The largest absolute Gasteiger partial charge is 0.481 e. The lowest BCUT2D eigenvalue weighted by Gasteiger charge is -2.26. The highest BCUT2D eigenvalue weighted by Gasteiger charge is 2.34. The topological polar surface area (TPSA) is 66.4 Å². The van der Waals surface area contributed by atoms with Gasteiger partial charge in [-0.1, -0.05) is 41.4 Å². The number of nitrogens with one attached hydrogen (secondary N) is 1. The number of halogens is 2. The second-order valence-electron chi connectivity index (χ2n) is 5.39. The molecule has 3 atom stereocenters. The van der Waals surface area contributed by atoms with Crippen molar-refractivity contribution < 1.29 is 14.7 Å². The van der Waals surface area contributed by atoms with Gasteiger partial charge in [-0.3, -0.25) is 9.59 Å². The summed E-state index contributed by atoms with van der Waals surface area (Å²) in [5, 5.41) is 13.1. The fourth-order valence-corrected chi connectivity index (χ4v) is 3.20. The predicted octanol–water partition coefficient (Wildman–Crippen LogP) is 3.84. The van der Waals surface area contributed by atoms with Gasteiger partial charge in [0.2, 0.25) is 5.91 Å². The molecular weight excluding hydrogens is 325 g/mol. The molecule has 0 saturated carbocycles. The van der Waals surface area contributed by atoms with E-state index in [0.717, 1.165) is 5.56 Å². The molecule has 118 valence electrons. The maximum absolute atomic E-state index is 12.4. The minimum atomic E-state index is -0.943. The summed E-state index contributed by atoms with van der Waals surface area (Å²) in [6, 6.07) is 4.75. The first kappa shape index (κ1) is 16.8. The third-order valence-corrected chi connectivity index (χ3v) is 4.44. The minimum Gasteiger partial charge on any atom is -0.481 e.